The van der Waals surface area contributed by atoms with E-state index in [0.29, 0.717) is 5.01 Å². The monoisotopic (exact) mass is 287 g/mol. The number of nitrogens with zero attached hydrogens (tertiary/aromatic N) is 2. The molecule has 0 saturated carbocycles. The van der Waals surface area contributed by atoms with Crippen molar-refractivity contribution in [1.29, 1.82) is 0 Å². The Morgan fingerprint density at radius 2 is 1.95 bits per heavy atom. The zero-order valence-electron chi connectivity index (χ0n) is 11.4. The summed E-state index contributed by atoms with van der Waals surface area (Å²) >= 11 is 1.37. The molecule has 0 aliphatic carbocycles. The van der Waals surface area contributed by atoms with Crippen molar-refractivity contribution in [1.82, 2.24) is 4.98 Å². The third kappa shape index (κ3) is 2.82. The lowest BCUT2D eigenvalue weighted by Crippen LogP contribution is -2.17. The van der Waals surface area contributed by atoms with Crippen LogP contribution in [0.25, 0.3) is 0 Å². The molecule has 0 spiro atoms. The van der Waals surface area contributed by atoms with Gasteiger partial charge in [-0.2, -0.15) is 0 Å². The number of rotatable bonds is 3. The molecule has 0 unspecified atom stereocenters. The molecule has 2 heterocycles. The Kier molecular flexibility index (Phi) is 3.69. The fourth-order valence-electron chi connectivity index (χ4n) is 2.37. The zero-order valence-corrected chi connectivity index (χ0v) is 12.2. The molecular weight excluding hydrogens is 270 g/mol. The standard InChI is InChI=1S/C15H17N3OS/c1-11-10-20-15(16-11)14(19)17-12-4-6-13(7-5-12)18-8-2-3-9-18/h4-7,10H,2-3,8-9H2,1H3,(H,17,19). The average molecular weight is 287 g/mol. The molecule has 3 rings (SSSR count). The lowest BCUT2D eigenvalue weighted by Gasteiger charge is -2.17. The Labute approximate surface area is 122 Å². The first kappa shape index (κ1) is 13.1. The van der Waals surface area contributed by atoms with Gasteiger partial charge in [0.2, 0.25) is 0 Å². The minimum Gasteiger partial charge on any atom is -0.372 e. The van der Waals surface area contributed by atoms with E-state index in [1.54, 1.807) is 0 Å². The summed E-state index contributed by atoms with van der Waals surface area (Å²) in [6.07, 6.45) is 2.53. The van der Waals surface area contributed by atoms with Crippen molar-refractivity contribution in [3.05, 3.63) is 40.3 Å². The summed E-state index contributed by atoms with van der Waals surface area (Å²) in [5.74, 6) is -0.142. The molecule has 20 heavy (non-hydrogen) atoms. The van der Waals surface area contributed by atoms with Gasteiger partial charge in [-0.25, -0.2) is 4.98 Å². The summed E-state index contributed by atoms with van der Waals surface area (Å²) in [5, 5.41) is 5.27. The number of hydrogen-bond acceptors (Lipinski definition) is 4. The molecule has 1 aliphatic heterocycles. The van der Waals surface area contributed by atoms with Gasteiger partial charge in [-0.3, -0.25) is 4.79 Å². The predicted molar refractivity (Wildman–Crippen MR) is 82.7 cm³/mol. The normalized spacial score (nSPS) is 14.6. The van der Waals surface area contributed by atoms with Gasteiger partial charge in [-0.15, -0.1) is 11.3 Å². The highest BCUT2D eigenvalue weighted by Crippen LogP contribution is 2.22. The first-order valence-electron chi connectivity index (χ1n) is 6.81. The first-order valence-corrected chi connectivity index (χ1v) is 7.69. The van der Waals surface area contributed by atoms with E-state index in [0.717, 1.165) is 24.5 Å². The molecule has 1 N–H and O–H groups in total. The first-order chi connectivity index (χ1) is 9.72. The molecule has 0 radical (unpaired) electrons. The molecule has 104 valence electrons. The quantitative estimate of drug-likeness (QED) is 0.942. The smallest absolute Gasteiger partial charge is 0.284 e. The molecule has 1 saturated heterocycles. The van der Waals surface area contributed by atoms with Crippen molar-refractivity contribution < 1.29 is 4.79 Å². The third-order valence-corrected chi connectivity index (χ3v) is 4.37. The second kappa shape index (κ2) is 5.63. The van der Waals surface area contributed by atoms with Crippen molar-refractivity contribution in [2.24, 2.45) is 0 Å². The predicted octanol–water partition coefficient (Wildman–Crippen LogP) is 3.30. The van der Waals surface area contributed by atoms with Gasteiger partial charge >= 0.3 is 0 Å². The van der Waals surface area contributed by atoms with Crippen molar-refractivity contribution in [2.45, 2.75) is 19.8 Å². The molecular formula is C15H17N3OS. The number of benzene rings is 1. The minimum absolute atomic E-state index is 0.142. The van der Waals surface area contributed by atoms with E-state index in [-0.39, 0.29) is 5.91 Å². The molecule has 1 aromatic carbocycles. The average Bonchev–Trinajstić information content (AvgIpc) is 3.10. The maximum atomic E-state index is 12.0. The van der Waals surface area contributed by atoms with Crippen LogP contribution in [0.3, 0.4) is 0 Å². The molecule has 5 heteroatoms. The van der Waals surface area contributed by atoms with Gasteiger partial charge in [-0.05, 0) is 44.0 Å². The Balaban J connectivity index is 1.67. The van der Waals surface area contributed by atoms with Crippen LogP contribution in [0.1, 0.15) is 28.3 Å². The lowest BCUT2D eigenvalue weighted by atomic mass is 10.2. The molecule has 1 aromatic heterocycles. The van der Waals surface area contributed by atoms with Gasteiger partial charge in [0, 0.05) is 35.5 Å². The fourth-order valence-corrected chi connectivity index (χ4v) is 3.06. The SMILES string of the molecule is Cc1csc(C(=O)Nc2ccc(N3CCCC3)cc2)n1. The summed E-state index contributed by atoms with van der Waals surface area (Å²) in [4.78, 5) is 18.6. The van der Waals surface area contributed by atoms with E-state index < -0.39 is 0 Å². The molecule has 2 aromatic rings. The van der Waals surface area contributed by atoms with Crippen molar-refractivity contribution in [3.63, 3.8) is 0 Å². The molecule has 1 aliphatic rings. The second-order valence-electron chi connectivity index (χ2n) is 4.99. The number of hydrogen-bond donors (Lipinski definition) is 1. The maximum absolute atomic E-state index is 12.0. The Morgan fingerprint density at radius 1 is 1.25 bits per heavy atom. The highest BCUT2D eigenvalue weighted by Gasteiger charge is 2.13. The van der Waals surface area contributed by atoms with Crippen LogP contribution in [0.15, 0.2) is 29.6 Å². The van der Waals surface area contributed by atoms with Crippen molar-refractivity contribution >= 4 is 28.6 Å². The molecule has 0 atom stereocenters. The Morgan fingerprint density at radius 3 is 2.55 bits per heavy atom. The van der Waals surface area contributed by atoms with Crippen LogP contribution in [-0.4, -0.2) is 24.0 Å². The summed E-state index contributed by atoms with van der Waals surface area (Å²) in [6.45, 7) is 4.15. The number of nitrogens with one attached hydrogen (secondary N) is 1. The summed E-state index contributed by atoms with van der Waals surface area (Å²) < 4.78 is 0. The van der Waals surface area contributed by atoms with Crippen LogP contribution >= 0.6 is 11.3 Å². The van der Waals surface area contributed by atoms with Gasteiger partial charge in [0.05, 0.1) is 0 Å². The van der Waals surface area contributed by atoms with Crippen LogP contribution in [0.4, 0.5) is 11.4 Å². The van der Waals surface area contributed by atoms with E-state index in [1.807, 2.05) is 24.4 Å². The highest BCUT2D eigenvalue weighted by atomic mass is 32.1. The van der Waals surface area contributed by atoms with Crippen LogP contribution in [0.2, 0.25) is 0 Å². The number of carbonyl (C=O) groups is 1. The summed E-state index contributed by atoms with van der Waals surface area (Å²) in [6, 6.07) is 8.03. The van der Waals surface area contributed by atoms with Crippen LogP contribution in [-0.2, 0) is 0 Å². The summed E-state index contributed by atoms with van der Waals surface area (Å²) in [5.41, 5.74) is 2.92. The molecule has 4 nitrogen and oxygen atoms in total. The Bertz CT molecular complexity index is 600. The minimum atomic E-state index is -0.142. The van der Waals surface area contributed by atoms with Crippen molar-refractivity contribution in [3.8, 4) is 0 Å². The third-order valence-electron chi connectivity index (χ3n) is 3.41. The fraction of sp³-hybridized carbons (Fsp3) is 0.333. The Hall–Kier alpha value is -1.88. The van der Waals surface area contributed by atoms with Crippen LogP contribution in [0, 0.1) is 6.92 Å². The number of anilines is 2. The van der Waals surface area contributed by atoms with Gasteiger partial charge in [0.1, 0.15) is 0 Å². The van der Waals surface area contributed by atoms with Crippen molar-refractivity contribution in [2.75, 3.05) is 23.3 Å². The van der Waals surface area contributed by atoms with Gasteiger partial charge in [0.15, 0.2) is 5.01 Å². The van der Waals surface area contributed by atoms with E-state index >= 15 is 0 Å². The highest BCUT2D eigenvalue weighted by molar-refractivity contribution is 7.11. The maximum Gasteiger partial charge on any atom is 0.284 e. The second-order valence-corrected chi connectivity index (χ2v) is 5.85. The zero-order chi connectivity index (χ0) is 13.9. The number of thiazole rings is 1. The number of amides is 1. The lowest BCUT2D eigenvalue weighted by molar-refractivity contribution is 0.102. The van der Waals surface area contributed by atoms with E-state index in [9.17, 15) is 4.79 Å². The molecule has 1 fully saturated rings. The van der Waals surface area contributed by atoms with E-state index in [4.69, 9.17) is 0 Å². The van der Waals surface area contributed by atoms with E-state index in [1.165, 1.54) is 29.9 Å². The number of aryl methyl sites for hydroxylation is 1. The number of aromatic nitrogens is 1. The number of carbonyl (C=O) groups excluding carboxylic acids is 1. The summed E-state index contributed by atoms with van der Waals surface area (Å²) in [7, 11) is 0. The molecule has 1 amide bonds. The topological polar surface area (TPSA) is 45.2 Å². The van der Waals surface area contributed by atoms with Gasteiger partial charge < -0.3 is 10.2 Å². The van der Waals surface area contributed by atoms with E-state index in [2.05, 4.69) is 27.3 Å². The molecule has 0 bridgehead atoms. The van der Waals surface area contributed by atoms with Crippen LogP contribution < -0.4 is 10.2 Å². The van der Waals surface area contributed by atoms with Gasteiger partial charge in [-0.1, -0.05) is 0 Å². The van der Waals surface area contributed by atoms with Gasteiger partial charge in [0.25, 0.3) is 5.91 Å². The van der Waals surface area contributed by atoms with Crippen LogP contribution in [0.5, 0.6) is 0 Å². The largest absolute Gasteiger partial charge is 0.372 e.